The van der Waals surface area contributed by atoms with Crippen LogP contribution in [0.4, 0.5) is 4.79 Å². The van der Waals surface area contributed by atoms with Crippen molar-refractivity contribution in [1.29, 1.82) is 0 Å². The number of nitrogens with zero attached hydrogens (tertiary/aromatic N) is 3. The van der Waals surface area contributed by atoms with Crippen LogP contribution in [0.15, 0.2) is 35.2 Å². The number of aromatic nitrogens is 1. The smallest absolute Gasteiger partial charge is 0.409 e. The number of Topliss-reactive ketones (excluding diaryl/α,β-unsaturated/α-hetero) is 1. The van der Waals surface area contributed by atoms with Gasteiger partial charge in [0.05, 0.1) is 18.0 Å². The molecule has 1 aromatic carbocycles. The van der Waals surface area contributed by atoms with Crippen molar-refractivity contribution < 1.29 is 22.7 Å². The Balaban J connectivity index is 1.67. The summed E-state index contributed by atoms with van der Waals surface area (Å²) in [7, 11) is -3.77. The maximum atomic E-state index is 13.2. The van der Waals surface area contributed by atoms with Gasteiger partial charge in [-0.25, -0.2) is 18.4 Å². The highest BCUT2D eigenvalue weighted by atomic mass is 32.2. The van der Waals surface area contributed by atoms with Crippen molar-refractivity contribution in [2.45, 2.75) is 39.0 Å². The van der Waals surface area contributed by atoms with Gasteiger partial charge in [0, 0.05) is 48.8 Å². The van der Waals surface area contributed by atoms with Crippen LogP contribution in [0.2, 0.25) is 0 Å². The first kappa shape index (κ1) is 25.9. The molecular formula is C24H34N4O5S. The molecule has 34 heavy (non-hydrogen) atoms. The molecule has 1 saturated heterocycles. The first-order valence-electron chi connectivity index (χ1n) is 11.5. The molecule has 1 aromatic heterocycles. The van der Waals surface area contributed by atoms with Gasteiger partial charge in [-0.15, -0.1) is 0 Å². The average Bonchev–Trinajstić information content (AvgIpc) is 2.92. The van der Waals surface area contributed by atoms with Gasteiger partial charge >= 0.3 is 6.09 Å². The van der Waals surface area contributed by atoms with Crippen LogP contribution in [0.5, 0.6) is 0 Å². The zero-order chi connectivity index (χ0) is 25.0. The molecule has 0 saturated carbocycles. The number of rotatable bonds is 7. The lowest BCUT2D eigenvalue weighted by atomic mass is 10.1. The molecule has 0 aliphatic carbocycles. The fourth-order valence-electron chi connectivity index (χ4n) is 4.16. The quantitative estimate of drug-likeness (QED) is 0.597. The highest BCUT2D eigenvalue weighted by Crippen LogP contribution is 2.23. The maximum Gasteiger partial charge on any atom is 0.409 e. The predicted octanol–water partition coefficient (Wildman–Crippen LogP) is 2.72. The Kier molecular flexibility index (Phi) is 8.17. The standard InChI is InChI=1S/C24H34N4O5S/c1-17(2)16-33-24(30)27-11-5-10-26(12-13-27)15-23(29)22-14-18(3)28(19(22)4)20-6-8-21(9-7-20)34(25,31)32/h6-9,14,17H,5,10-13,15-16H2,1-4H3,(H2,25,31,32). The molecule has 1 fully saturated rings. The second-order valence-corrected chi connectivity index (χ2v) is 10.7. The third-order valence-corrected chi connectivity index (χ3v) is 6.84. The number of sulfonamides is 1. The SMILES string of the molecule is Cc1cc(C(=O)CN2CCCN(C(=O)OCC(C)C)CC2)c(C)n1-c1ccc(S(N)(=O)=O)cc1. The number of ketones is 1. The Hall–Kier alpha value is -2.69. The minimum Gasteiger partial charge on any atom is -0.449 e. The third kappa shape index (κ3) is 6.25. The van der Waals surface area contributed by atoms with Crippen LogP contribution in [0.3, 0.4) is 0 Å². The van der Waals surface area contributed by atoms with Gasteiger partial charge in [-0.1, -0.05) is 13.8 Å². The lowest BCUT2D eigenvalue weighted by Gasteiger charge is -2.21. The van der Waals surface area contributed by atoms with Gasteiger partial charge in [-0.05, 0) is 56.5 Å². The number of carbonyl (C=O) groups excluding carboxylic acids is 2. The van der Waals surface area contributed by atoms with Crippen LogP contribution in [0, 0.1) is 19.8 Å². The maximum absolute atomic E-state index is 13.2. The van der Waals surface area contributed by atoms with Crippen molar-refractivity contribution in [3.63, 3.8) is 0 Å². The van der Waals surface area contributed by atoms with E-state index in [-0.39, 0.29) is 29.2 Å². The number of amides is 1. The highest BCUT2D eigenvalue weighted by Gasteiger charge is 2.24. The number of primary sulfonamides is 1. The van der Waals surface area contributed by atoms with E-state index in [1.165, 1.54) is 12.1 Å². The normalized spacial score (nSPS) is 15.4. The Morgan fingerprint density at radius 2 is 1.74 bits per heavy atom. The number of benzene rings is 1. The zero-order valence-corrected chi connectivity index (χ0v) is 21.1. The third-order valence-electron chi connectivity index (χ3n) is 5.91. The summed E-state index contributed by atoms with van der Waals surface area (Å²) in [6.07, 6.45) is 0.485. The van der Waals surface area contributed by atoms with Gasteiger partial charge in [-0.2, -0.15) is 0 Å². The Morgan fingerprint density at radius 3 is 2.35 bits per heavy atom. The summed E-state index contributed by atoms with van der Waals surface area (Å²) in [6.45, 7) is 10.9. The number of hydrogen-bond donors (Lipinski definition) is 1. The van der Waals surface area contributed by atoms with E-state index in [2.05, 4.69) is 4.90 Å². The number of ether oxygens (including phenoxy) is 1. The molecular weight excluding hydrogens is 456 g/mol. The van der Waals surface area contributed by atoms with Crippen molar-refractivity contribution in [1.82, 2.24) is 14.4 Å². The first-order chi connectivity index (χ1) is 16.0. The molecule has 1 aliphatic rings. The summed E-state index contributed by atoms with van der Waals surface area (Å²) in [5.74, 6) is 0.298. The molecule has 0 spiro atoms. The van der Waals surface area contributed by atoms with E-state index in [4.69, 9.17) is 9.88 Å². The summed E-state index contributed by atoms with van der Waals surface area (Å²) < 4.78 is 30.3. The average molecular weight is 491 g/mol. The van der Waals surface area contributed by atoms with Crippen LogP contribution in [-0.4, -0.2) is 74.0 Å². The number of hydrogen-bond acceptors (Lipinski definition) is 6. The van der Waals surface area contributed by atoms with Gasteiger partial charge < -0.3 is 14.2 Å². The highest BCUT2D eigenvalue weighted by molar-refractivity contribution is 7.89. The Labute approximate surface area is 201 Å². The molecule has 0 unspecified atom stereocenters. The molecule has 186 valence electrons. The monoisotopic (exact) mass is 490 g/mol. The first-order valence-corrected chi connectivity index (χ1v) is 13.0. The van der Waals surface area contributed by atoms with Gasteiger partial charge in [0.2, 0.25) is 10.0 Å². The van der Waals surface area contributed by atoms with E-state index >= 15 is 0 Å². The molecule has 0 atom stereocenters. The van der Waals surface area contributed by atoms with Crippen LogP contribution in [0.1, 0.15) is 42.0 Å². The van der Waals surface area contributed by atoms with Gasteiger partial charge in [0.25, 0.3) is 0 Å². The van der Waals surface area contributed by atoms with Gasteiger partial charge in [-0.3, -0.25) is 9.69 Å². The van der Waals surface area contributed by atoms with Gasteiger partial charge in [0.1, 0.15) is 0 Å². The Morgan fingerprint density at radius 1 is 1.06 bits per heavy atom. The second kappa shape index (κ2) is 10.7. The molecule has 10 heteroatoms. The van der Waals surface area contributed by atoms with E-state index < -0.39 is 10.0 Å². The van der Waals surface area contributed by atoms with E-state index in [1.54, 1.807) is 17.0 Å². The summed E-state index contributed by atoms with van der Waals surface area (Å²) in [4.78, 5) is 29.3. The molecule has 3 rings (SSSR count). The molecule has 2 N–H and O–H groups in total. The topological polar surface area (TPSA) is 115 Å². The second-order valence-electron chi connectivity index (χ2n) is 9.17. The summed E-state index contributed by atoms with van der Waals surface area (Å²) in [6, 6.07) is 8.13. The van der Waals surface area contributed by atoms with E-state index in [0.29, 0.717) is 31.8 Å². The van der Waals surface area contributed by atoms with Gasteiger partial charge in [0.15, 0.2) is 5.78 Å². The molecule has 2 aromatic rings. The summed E-state index contributed by atoms with van der Waals surface area (Å²) in [5, 5.41) is 5.19. The molecule has 1 amide bonds. The number of carbonyl (C=O) groups is 2. The minimum atomic E-state index is -3.77. The van der Waals surface area contributed by atoms with E-state index in [0.717, 1.165) is 30.0 Å². The number of nitrogens with two attached hydrogens (primary N) is 1. The summed E-state index contributed by atoms with van der Waals surface area (Å²) >= 11 is 0. The minimum absolute atomic E-state index is 0.0105. The Bertz CT molecular complexity index is 1140. The van der Waals surface area contributed by atoms with Crippen LogP contribution < -0.4 is 5.14 Å². The fourth-order valence-corrected chi connectivity index (χ4v) is 4.67. The molecule has 0 radical (unpaired) electrons. The van der Waals surface area contributed by atoms with E-state index in [1.807, 2.05) is 38.3 Å². The van der Waals surface area contributed by atoms with Crippen molar-refractivity contribution in [3.8, 4) is 5.69 Å². The van der Waals surface area contributed by atoms with Crippen molar-refractivity contribution in [3.05, 3.63) is 47.3 Å². The van der Waals surface area contributed by atoms with Crippen LogP contribution in [0.25, 0.3) is 5.69 Å². The largest absolute Gasteiger partial charge is 0.449 e. The van der Waals surface area contributed by atoms with Crippen molar-refractivity contribution in [2.24, 2.45) is 11.1 Å². The van der Waals surface area contributed by atoms with Crippen LogP contribution in [-0.2, 0) is 14.8 Å². The lowest BCUT2D eigenvalue weighted by molar-refractivity contribution is 0.0906. The number of aryl methyl sites for hydroxylation is 1. The van der Waals surface area contributed by atoms with Crippen LogP contribution >= 0.6 is 0 Å². The molecule has 0 bridgehead atoms. The molecule has 2 heterocycles. The molecule has 9 nitrogen and oxygen atoms in total. The van der Waals surface area contributed by atoms with Crippen molar-refractivity contribution >= 4 is 21.9 Å². The van der Waals surface area contributed by atoms with Crippen molar-refractivity contribution in [2.75, 3.05) is 39.3 Å². The summed E-state index contributed by atoms with van der Waals surface area (Å²) in [5.41, 5.74) is 3.05. The lowest BCUT2D eigenvalue weighted by Crippen LogP contribution is -2.37. The van der Waals surface area contributed by atoms with E-state index in [9.17, 15) is 18.0 Å². The zero-order valence-electron chi connectivity index (χ0n) is 20.3. The molecule has 1 aliphatic heterocycles. The predicted molar refractivity (Wildman–Crippen MR) is 130 cm³/mol. The fraction of sp³-hybridized carbons (Fsp3) is 0.500.